The lowest BCUT2D eigenvalue weighted by Crippen LogP contribution is -2.40. The van der Waals surface area contributed by atoms with Crippen LogP contribution in [0.1, 0.15) is 24.8 Å². The highest BCUT2D eigenvalue weighted by molar-refractivity contribution is 7.80. The van der Waals surface area contributed by atoms with Crippen LogP contribution >= 0.6 is 12.2 Å². The van der Waals surface area contributed by atoms with Crippen molar-refractivity contribution in [2.45, 2.75) is 31.9 Å². The maximum Gasteiger partial charge on any atom is 0.252 e. The normalized spacial score (nSPS) is 17.9. The maximum absolute atomic E-state index is 12.5. The van der Waals surface area contributed by atoms with Gasteiger partial charge in [-0.15, -0.1) is 0 Å². The highest BCUT2D eigenvalue weighted by Crippen LogP contribution is 2.16. The molecule has 2 rings (SSSR count). The number of hydrogen-bond acceptors (Lipinski definition) is 4. The van der Waals surface area contributed by atoms with Gasteiger partial charge in [0, 0.05) is 38.5 Å². The van der Waals surface area contributed by atoms with Gasteiger partial charge in [0.15, 0.2) is 0 Å². The zero-order valence-electron chi connectivity index (χ0n) is 11.3. The van der Waals surface area contributed by atoms with Gasteiger partial charge < -0.3 is 15.4 Å². The average molecular weight is 293 g/mol. The third kappa shape index (κ3) is 4.25. The summed E-state index contributed by atoms with van der Waals surface area (Å²) < 4.78 is 5.47. The highest BCUT2D eigenvalue weighted by Gasteiger charge is 2.28. The largest absolute Gasteiger partial charge is 0.393 e. The predicted molar refractivity (Wildman–Crippen MR) is 80.0 cm³/mol. The number of nitrogens with two attached hydrogens (primary N) is 1. The highest BCUT2D eigenvalue weighted by atomic mass is 32.1. The van der Waals surface area contributed by atoms with E-state index >= 15 is 0 Å². The summed E-state index contributed by atoms with van der Waals surface area (Å²) in [4.78, 5) is 18.7. The Balaban J connectivity index is 2.03. The third-order valence-corrected chi connectivity index (χ3v) is 3.45. The maximum atomic E-state index is 12.5. The van der Waals surface area contributed by atoms with E-state index in [4.69, 9.17) is 22.7 Å². The zero-order chi connectivity index (χ0) is 14.4. The fourth-order valence-corrected chi connectivity index (χ4v) is 2.29. The number of aromatic nitrogens is 1. The molecule has 0 saturated carbocycles. The number of carbonyl (C=O) groups is 1. The van der Waals surface area contributed by atoms with Crippen LogP contribution in [-0.2, 0) is 16.1 Å². The molecule has 0 aromatic carbocycles. The zero-order valence-corrected chi connectivity index (χ0v) is 12.1. The summed E-state index contributed by atoms with van der Waals surface area (Å²) in [7, 11) is 0. The third-order valence-electron chi connectivity index (χ3n) is 3.24. The molecule has 20 heavy (non-hydrogen) atoms. The van der Waals surface area contributed by atoms with E-state index in [1.807, 2.05) is 12.1 Å². The van der Waals surface area contributed by atoms with Crippen molar-refractivity contribution in [1.82, 2.24) is 9.88 Å². The molecule has 1 aromatic rings. The van der Waals surface area contributed by atoms with Crippen LogP contribution in [0.5, 0.6) is 0 Å². The number of carbonyl (C=O) groups excluding carboxylic acids is 1. The first-order valence-corrected chi connectivity index (χ1v) is 7.15. The van der Waals surface area contributed by atoms with Gasteiger partial charge in [0.1, 0.15) is 6.10 Å². The molecule has 1 aliphatic rings. The van der Waals surface area contributed by atoms with Crippen molar-refractivity contribution in [2.75, 3.05) is 13.2 Å². The quantitative estimate of drug-likeness (QED) is 0.800. The van der Waals surface area contributed by atoms with Crippen LogP contribution in [0.3, 0.4) is 0 Å². The number of nitrogens with zero attached hydrogens (tertiary/aromatic N) is 2. The van der Waals surface area contributed by atoms with Crippen molar-refractivity contribution in [3.63, 3.8) is 0 Å². The molecule has 1 unspecified atom stereocenters. The summed E-state index contributed by atoms with van der Waals surface area (Å²) >= 11 is 4.90. The van der Waals surface area contributed by atoms with Crippen molar-refractivity contribution in [3.8, 4) is 0 Å². The average Bonchev–Trinajstić information content (AvgIpc) is 2.97. The summed E-state index contributed by atoms with van der Waals surface area (Å²) in [6.07, 6.45) is 5.40. The minimum Gasteiger partial charge on any atom is -0.393 e. The standard InChI is InChI=1S/C14H19N3O2S/c15-13(20)5-7-17(10-11-3-1-6-16-9-11)14(18)12-4-2-8-19-12/h1,3,6,9,12H,2,4-5,7-8,10H2,(H2,15,20). The predicted octanol–water partition coefficient (Wildman–Crippen LogP) is 1.27. The summed E-state index contributed by atoms with van der Waals surface area (Å²) in [6.45, 7) is 1.69. The van der Waals surface area contributed by atoms with Gasteiger partial charge in [-0.25, -0.2) is 0 Å². The molecule has 1 fully saturated rings. The number of amides is 1. The SMILES string of the molecule is NC(=S)CCN(Cc1cccnc1)C(=O)C1CCCO1. The summed E-state index contributed by atoms with van der Waals surface area (Å²) in [5, 5.41) is 0. The van der Waals surface area contributed by atoms with Crippen LogP contribution in [0.2, 0.25) is 0 Å². The molecule has 0 spiro atoms. The van der Waals surface area contributed by atoms with Crippen molar-refractivity contribution >= 4 is 23.1 Å². The molecule has 6 heteroatoms. The van der Waals surface area contributed by atoms with E-state index in [-0.39, 0.29) is 12.0 Å². The van der Waals surface area contributed by atoms with E-state index in [9.17, 15) is 4.79 Å². The molecule has 5 nitrogen and oxygen atoms in total. The second-order valence-corrected chi connectivity index (χ2v) is 5.36. The Bertz CT molecular complexity index is 461. The molecule has 0 radical (unpaired) electrons. The topological polar surface area (TPSA) is 68.5 Å². The Kier molecular flexibility index (Phi) is 5.43. The number of thiocarbonyl (C=S) groups is 1. The van der Waals surface area contributed by atoms with Crippen LogP contribution < -0.4 is 5.73 Å². The molecule has 1 aromatic heterocycles. The fourth-order valence-electron chi connectivity index (χ4n) is 2.20. The van der Waals surface area contributed by atoms with Gasteiger partial charge in [-0.05, 0) is 24.5 Å². The summed E-state index contributed by atoms with van der Waals surface area (Å²) in [5.74, 6) is 0.0163. The van der Waals surface area contributed by atoms with E-state index in [0.717, 1.165) is 18.4 Å². The van der Waals surface area contributed by atoms with Gasteiger partial charge in [-0.2, -0.15) is 0 Å². The first-order valence-electron chi connectivity index (χ1n) is 6.74. The van der Waals surface area contributed by atoms with Crippen LogP contribution in [0, 0.1) is 0 Å². The molecule has 108 valence electrons. The minimum absolute atomic E-state index is 0.0163. The Labute approximate surface area is 124 Å². The summed E-state index contributed by atoms with van der Waals surface area (Å²) in [5.41, 5.74) is 6.53. The molecule has 0 aliphatic carbocycles. The Morgan fingerprint density at radius 1 is 1.60 bits per heavy atom. The van der Waals surface area contributed by atoms with Crippen molar-refractivity contribution in [1.29, 1.82) is 0 Å². The lowest BCUT2D eigenvalue weighted by molar-refractivity contribution is -0.141. The number of rotatable bonds is 6. The Hall–Kier alpha value is -1.53. The number of ether oxygens (including phenoxy) is 1. The molecule has 2 heterocycles. The van der Waals surface area contributed by atoms with E-state index in [0.29, 0.717) is 31.1 Å². The molecule has 1 saturated heterocycles. The van der Waals surface area contributed by atoms with Gasteiger partial charge in [-0.1, -0.05) is 18.3 Å². The molecule has 2 N–H and O–H groups in total. The van der Waals surface area contributed by atoms with Crippen LogP contribution in [0.25, 0.3) is 0 Å². The van der Waals surface area contributed by atoms with Crippen molar-refractivity contribution < 1.29 is 9.53 Å². The molecule has 1 aliphatic heterocycles. The number of hydrogen-bond donors (Lipinski definition) is 1. The van der Waals surface area contributed by atoms with E-state index in [1.165, 1.54) is 0 Å². The van der Waals surface area contributed by atoms with Crippen molar-refractivity contribution in [2.24, 2.45) is 5.73 Å². The van der Waals surface area contributed by atoms with Gasteiger partial charge in [-0.3, -0.25) is 9.78 Å². The smallest absolute Gasteiger partial charge is 0.252 e. The Morgan fingerprint density at radius 3 is 3.05 bits per heavy atom. The van der Waals surface area contributed by atoms with Crippen LogP contribution in [0.4, 0.5) is 0 Å². The lowest BCUT2D eigenvalue weighted by atomic mass is 10.2. The molecule has 1 amide bonds. The first kappa shape index (κ1) is 14.9. The van der Waals surface area contributed by atoms with Crippen molar-refractivity contribution in [3.05, 3.63) is 30.1 Å². The Morgan fingerprint density at radius 2 is 2.45 bits per heavy atom. The number of pyridine rings is 1. The summed E-state index contributed by atoms with van der Waals surface area (Å²) in [6, 6.07) is 3.81. The van der Waals surface area contributed by atoms with Gasteiger partial charge in [0.25, 0.3) is 5.91 Å². The minimum atomic E-state index is -0.321. The van der Waals surface area contributed by atoms with Crippen LogP contribution in [-0.4, -0.2) is 40.0 Å². The molecular weight excluding hydrogens is 274 g/mol. The van der Waals surface area contributed by atoms with Crippen LogP contribution in [0.15, 0.2) is 24.5 Å². The molecule has 0 bridgehead atoms. The monoisotopic (exact) mass is 293 g/mol. The van der Waals surface area contributed by atoms with Gasteiger partial charge >= 0.3 is 0 Å². The van der Waals surface area contributed by atoms with E-state index in [1.54, 1.807) is 17.3 Å². The second-order valence-electron chi connectivity index (χ2n) is 4.84. The second kappa shape index (κ2) is 7.31. The van der Waals surface area contributed by atoms with Gasteiger partial charge in [0.2, 0.25) is 0 Å². The van der Waals surface area contributed by atoms with Gasteiger partial charge in [0.05, 0.1) is 4.99 Å². The first-order chi connectivity index (χ1) is 9.66. The molecular formula is C14H19N3O2S. The lowest BCUT2D eigenvalue weighted by Gasteiger charge is -2.25. The molecule has 1 atom stereocenters. The fraction of sp³-hybridized carbons (Fsp3) is 0.500. The van der Waals surface area contributed by atoms with E-state index < -0.39 is 0 Å². The van der Waals surface area contributed by atoms with E-state index in [2.05, 4.69) is 4.98 Å².